The fourth-order valence-corrected chi connectivity index (χ4v) is 3.82. The fraction of sp³-hybridized carbons (Fsp3) is 0.158. The first kappa shape index (κ1) is 18.5. The molecular weight excluding hydrogens is 378 g/mol. The van der Waals surface area contributed by atoms with Crippen molar-refractivity contribution < 1.29 is 13.6 Å². The number of carbonyl (C=O) groups is 1. The number of aromatic nitrogens is 1. The topological polar surface area (TPSA) is 42.0 Å². The zero-order chi connectivity index (χ0) is 19.0. The molecule has 0 radical (unpaired) electrons. The van der Waals surface area contributed by atoms with Crippen molar-refractivity contribution in [3.63, 3.8) is 0 Å². The molecule has 0 atom stereocenters. The summed E-state index contributed by atoms with van der Waals surface area (Å²) in [6.45, 7) is 6.05. The molecule has 0 aliphatic rings. The number of amides is 1. The van der Waals surface area contributed by atoms with E-state index in [9.17, 15) is 13.6 Å². The summed E-state index contributed by atoms with van der Waals surface area (Å²) in [5.41, 5.74) is 4.96. The van der Waals surface area contributed by atoms with E-state index < -0.39 is 17.5 Å². The number of thiazole rings is 1. The Balaban J connectivity index is 1.88. The second kappa shape index (κ2) is 7.13. The first-order valence-corrected chi connectivity index (χ1v) is 9.01. The van der Waals surface area contributed by atoms with Gasteiger partial charge in [-0.05, 0) is 44.0 Å². The van der Waals surface area contributed by atoms with Gasteiger partial charge >= 0.3 is 0 Å². The lowest BCUT2D eigenvalue weighted by molar-refractivity contribution is 0.102. The van der Waals surface area contributed by atoms with Gasteiger partial charge in [0.2, 0.25) is 0 Å². The predicted molar refractivity (Wildman–Crippen MR) is 101 cm³/mol. The molecule has 134 valence electrons. The van der Waals surface area contributed by atoms with Crippen LogP contribution < -0.4 is 5.32 Å². The van der Waals surface area contributed by atoms with Crippen LogP contribution in [0.15, 0.2) is 29.6 Å². The second-order valence-corrected chi connectivity index (χ2v) is 7.28. The lowest BCUT2D eigenvalue weighted by atomic mass is 9.98. The van der Waals surface area contributed by atoms with Gasteiger partial charge in [-0.1, -0.05) is 29.3 Å². The minimum absolute atomic E-state index is 0.148. The van der Waals surface area contributed by atoms with Crippen LogP contribution in [0.4, 0.5) is 13.9 Å². The molecule has 1 heterocycles. The first-order valence-electron chi connectivity index (χ1n) is 7.76. The molecule has 0 fully saturated rings. The van der Waals surface area contributed by atoms with Gasteiger partial charge in [0, 0.05) is 10.9 Å². The Hall–Kier alpha value is -2.31. The molecule has 0 saturated carbocycles. The monoisotopic (exact) mass is 392 g/mol. The highest BCUT2D eigenvalue weighted by atomic mass is 35.5. The van der Waals surface area contributed by atoms with Gasteiger partial charge in [-0.15, -0.1) is 11.3 Å². The van der Waals surface area contributed by atoms with Crippen LogP contribution >= 0.6 is 22.9 Å². The van der Waals surface area contributed by atoms with Crippen LogP contribution in [0.2, 0.25) is 5.02 Å². The number of nitrogens with one attached hydrogen (secondary N) is 1. The number of benzene rings is 2. The summed E-state index contributed by atoms with van der Waals surface area (Å²) in [7, 11) is 0. The van der Waals surface area contributed by atoms with Gasteiger partial charge in [-0.25, -0.2) is 13.8 Å². The third kappa shape index (κ3) is 3.61. The van der Waals surface area contributed by atoms with Crippen LogP contribution in [0, 0.1) is 32.4 Å². The van der Waals surface area contributed by atoms with Gasteiger partial charge in [-0.2, -0.15) is 0 Å². The van der Waals surface area contributed by atoms with Gasteiger partial charge in [0.05, 0.1) is 16.3 Å². The molecule has 0 aliphatic heterocycles. The zero-order valence-electron chi connectivity index (χ0n) is 14.3. The van der Waals surface area contributed by atoms with Crippen LogP contribution in [0.3, 0.4) is 0 Å². The quantitative estimate of drug-likeness (QED) is 0.562. The van der Waals surface area contributed by atoms with E-state index in [2.05, 4.69) is 22.4 Å². The normalized spacial score (nSPS) is 10.8. The average Bonchev–Trinajstić information content (AvgIpc) is 2.97. The average molecular weight is 393 g/mol. The molecule has 7 heteroatoms. The van der Waals surface area contributed by atoms with Crippen molar-refractivity contribution >= 4 is 34.0 Å². The lowest BCUT2D eigenvalue weighted by Crippen LogP contribution is -2.13. The van der Waals surface area contributed by atoms with E-state index in [0.717, 1.165) is 34.5 Å². The largest absolute Gasteiger partial charge is 0.298 e. The molecule has 3 aromatic rings. The minimum atomic E-state index is -1.13. The number of nitrogens with zero attached hydrogens (tertiary/aromatic N) is 1. The van der Waals surface area contributed by atoms with Crippen molar-refractivity contribution in [2.75, 3.05) is 5.32 Å². The first-order chi connectivity index (χ1) is 12.3. The summed E-state index contributed by atoms with van der Waals surface area (Å²) in [5, 5.41) is 4.61. The third-order valence-corrected chi connectivity index (χ3v) is 4.98. The molecule has 0 aliphatic carbocycles. The Labute approximate surface area is 158 Å². The lowest BCUT2D eigenvalue weighted by Gasteiger charge is -2.09. The summed E-state index contributed by atoms with van der Waals surface area (Å²) in [5.74, 6) is -2.88. The van der Waals surface area contributed by atoms with Crippen molar-refractivity contribution in [3.8, 4) is 11.3 Å². The highest BCUT2D eigenvalue weighted by molar-refractivity contribution is 7.14. The maximum atomic E-state index is 13.4. The van der Waals surface area contributed by atoms with Crippen LogP contribution in [-0.2, 0) is 0 Å². The number of aryl methyl sites for hydroxylation is 3. The van der Waals surface area contributed by atoms with E-state index in [1.54, 1.807) is 0 Å². The van der Waals surface area contributed by atoms with Crippen molar-refractivity contribution in [2.24, 2.45) is 0 Å². The standard InChI is InChI=1S/C19H15ClF2N2OS/c1-9-4-10(2)17(11(3)5-9)16-8-26-19(23-16)24-18(25)12-6-14(21)15(22)7-13(12)20/h4-8H,1-3H3,(H,23,24,25). The molecule has 0 bridgehead atoms. The van der Waals surface area contributed by atoms with E-state index in [1.807, 2.05) is 26.2 Å². The summed E-state index contributed by atoms with van der Waals surface area (Å²) >= 11 is 7.08. The van der Waals surface area contributed by atoms with E-state index >= 15 is 0 Å². The minimum Gasteiger partial charge on any atom is -0.298 e. The summed E-state index contributed by atoms with van der Waals surface area (Å²) in [6, 6.07) is 5.69. The molecule has 1 N–H and O–H groups in total. The van der Waals surface area contributed by atoms with E-state index in [-0.39, 0.29) is 10.6 Å². The molecule has 0 saturated heterocycles. The third-order valence-electron chi connectivity index (χ3n) is 3.91. The van der Waals surface area contributed by atoms with Crippen LogP contribution in [0.25, 0.3) is 11.3 Å². The van der Waals surface area contributed by atoms with Gasteiger partial charge in [0.15, 0.2) is 16.8 Å². The molecule has 1 aromatic heterocycles. The zero-order valence-corrected chi connectivity index (χ0v) is 15.9. The van der Waals surface area contributed by atoms with Crippen molar-refractivity contribution in [3.05, 3.63) is 68.6 Å². The SMILES string of the molecule is Cc1cc(C)c(-c2csc(NC(=O)c3cc(F)c(F)cc3Cl)n2)c(C)c1. The number of carbonyl (C=O) groups excluding carboxylic acids is 1. The van der Waals surface area contributed by atoms with Gasteiger partial charge in [-0.3, -0.25) is 10.1 Å². The molecule has 0 unspecified atom stereocenters. The van der Waals surface area contributed by atoms with Crippen LogP contribution in [-0.4, -0.2) is 10.9 Å². The molecule has 3 nitrogen and oxygen atoms in total. The molecule has 0 spiro atoms. The highest BCUT2D eigenvalue weighted by Crippen LogP contribution is 2.31. The Morgan fingerprint density at radius 1 is 1.08 bits per heavy atom. The highest BCUT2D eigenvalue weighted by Gasteiger charge is 2.17. The summed E-state index contributed by atoms with van der Waals surface area (Å²) in [4.78, 5) is 16.7. The van der Waals surface area contributed by atoms with Crippen LogP contribution in [0.5, 0.6) is 0 Å². The predicted octanol–water partition coefficient (Wildman–Crippen LogP) is 5.92. The van der Waals surface area contributed by atoms with Crippen molar-refractivity contribution in [1.82, 2.24) is 4.98 Å². The van der Waals surface area contributed by atoms with E-state index in [1.165, 1.54) is 16.9 Å². The van der Waals surface area contributed by atoms with Crippen molar-refractivity contribution in [1.29, 1.82) is 0 Å². The number of hydrogen-bond acceptors (Lipinski definition) is 3. The van der Waals surface area contributed by atoms with Gasteiger partial charge < -0.3 is 0 Å². The maximum Gasteiger partial charge on any atom is 0.259 e. The Kier molecular flexibility index (Phi) is 5.07. The van der Waals surface area contributed by atoms with E-state index in [4.69, 9.17) is 11.6 Å². The van der Waals surface area contributed by atoms with Gasteiger partial charge in [0.25, 0.3) is 5.91 Å². The fourth-order valence-electron chi connectivity index (χ4n) is 2.89. The maximum absolute atomic E-state index is 13.4. The molecule has 1 amide bonds. The molecule has 3 rings (SSSR count). The number of anilines is 1. The molecule has 2 aromatic carbocycles. The molecule has 26 heavy (non-hydrogen) atoms. The summed E-state index contributed by atoms with van der Waals surface area (Å²) in [6.07, 6.45) is 0. The number of halogens is 3. The number of hydrogen-bond donors (Lipinski definition) is 1. The smallest absolute Gasteiger partial charge is 0.259 e. The Morgan fingerprint density at radius 2 is 1.69 bits per heavy atom. The van der Waals surface area contributed by atoms with E-state index in [0.29, 0.717) is 5.13 Å². The van der Waals surface area contributed by atoms with Crippen LogP contribution in [0.1, 0.15) is 27.0 Å². The summed E-state index contributed by atoms with van der Waals surface area (Å²) < 4.78 is 26.5. The Morgan fingerprint density at radius 3 is 2.35 bits per heavy atom. The number of rotatable bonds is 3. The van der Waals surface area contributed by atoms with Gasteiger partial charge in [0.1, 0.15) is 0 Å². The molecular formula is C19H15ClF2N2OS. The second-order valence-electron chi connectivity index (χ2n) is 6.01. The van der Waals surface area contributed by atoms with Crippen molar-refractivity contribution in [2.45, 2.75) is 20.8 Å². The Bertz CT molecular complexity index is 994.